The Kier molecular flexibility index (Phi) is 2.77. The molecule has 0 N–H and O–H groups in total. The largest absolute Gasteiger partial charge is 0.285 e. The lowest BCUT2D eigenvalue weighted by atomic mass is 10.1. The van der Waals surface area contributed by atoms with E-state index in [0.29, 0.717) is 6.42 Å². The van der Waals surface area contributed by atoms with E-state index in [2.05, 4.69) is 0 Å². The van der Waals surface area contributed by atoms with Crippen molar-refractivity contribution in [1.82, 2.24) is 4.90 Å². The molecule has 68 valence electrons. The molecule has 0 spiro atoms. The number of hydrogen-bond acceptors (Lipinski definition) is 3. The Balaban J connectivity index is 2.71. The molecule has 0 aromatic carbocycles. The Morgan fingerprint density at radius 3 is 2.50 bits per heavy atom. The third kappa shape index (κ3) is 1.48. The first-order valence-corrected chi connectivity index (χ1v) is 5.20. The summed E-state index contributed by atoms with van der Waals surface area (Å²) in [7, 11) is 1.55. The van der Waals surface area contributed by atoms with Crippen molar-refractivity contribution in [2.75, 3.05) is 13.3 Å². The van der Waals surface area contributed by atoms with Crippen molar-refractivity contribution in [1.29, 1.82) is 0 Å². The summed E-state index contributed by atoms with van der Waals surface area (Å²) < 4.78 is 0. The summed E-state index contributed by atoms with van der Waals surface area (Å²) in [5.41, 5.74) is 0. The van der Waals surface area contributed by atoms with E-state index in [-0.39, 0.29) is 23.0 Å². The van der Waals surface area contributed by atoms with E-state index in [1.807, 2.05) is 13.2 Å². The number of hydrogen-bond donors (Lipinski definition) is 0. The smallest absolute Gasteiger partial charge is 0.233 e. The van der Waals surface area contributed by atoms with E-state index >= 15 is 0 Å². The van der Waals surface area contributed by atoms with Crippen LogP contribution in [-0.4, -0.2) is 35.3 Å². The molecule has 2 atom stereocenters. The minimum Gasteiger partial charge on any atom is -0.285 e. The lowest BCUT2D eigenvalue weighted by Gasteiger charge is -2.13. The fraction of sp³-hybridized carbons (Fsp3) is 0.750. The van der Waals surface area contributed by atoms with Crippen molar-refractivity contribution in [3.8, 4) is 0 Å². The summed E-state index contributed by atoms with van der Waals surface area (Å²) in [6, 6.07) is 0. The molecule has 1 heterocycles. The van der Waals surface area contributed by atoms with Crippen LogP contribution in [0.25, 0.3) is 0 Å². The number of carbonyl (C=O) groups is 2. The van der Waals surface area contributed by atoms with Gasteiger partial charge in [-0.1, -0.05) is 6.92 Å². The van der Waals surface area contributed by atoms with E-state index in [0.717, 1.165) is 0 Å². The highest BCUT2D eigenvalue weighted by Gasteiger charge is 2.38. The molecule has 2 amide bonds. The van der Waals surface area contributed by atoms with Crippen LogP contribution < -0.4 is 0 Å². The van der Waals surface area contributed by atoms with Gasteiger partial charge in [-0.05, 0) is 6.26 Å². The van der Waals surface area contributed by atoms with E-state index in [9.17, 15) is 9.59 Å². The van der Waals surface area contributed by atoms with Crippen LogP contribution in [0.2, 0.25) is 0 Å². The normalized spacial score (nSPS) is 26.6. The molecular formula is C8H13NO2S. The van der Waals surface area contributed by atoms with Crippen molar-refractivity contribution in [2.24, 2.45) is 5.92 Å². The average molecular weight is 187 g/mol. The molecule has 0 radical (unpaired) electrons. The zero-order chi connectivity index (χ0) is 9.30. The highest BCUT2D eigenvalue weighted by molar-refractivity contribution is 7.99. The SMILES string of the molecule is CSC(C)C1CC(=O)N(C)C1=O. The number of thioether (sulfide) groups is 1. The van der Waals surface area contributed by atoms with Crippen molar-refractivity contribution in [3.05, 3.63) is 0 Å². The van der Waals surface area contributed by atoms with Crippen molar-refractivity contribution < 1.29 is 9.59 Å². The molecule has 1 saturated heterocycles. The van der Waals surface area contributed by atoms with Gasteiger partial charge in [0, 0.05) is 18.7 Å². The van der Waals surface area contributed by atoms with Gasteiger partial charge in [0.1, 0.15) is 0 Å². The Bertz CT molecular complexity index is 217. The van der Waals surface area contributed by atoms with Gasteiger partial charge in [-0.3, -0.25) is 14.5 Å². The van der Waals surface area contributed by atoms with Crippen LogP contribution in [0.4, 0.5) is 0 Å². The maximum absolute atomic E-state index is 11.4. The van der Waals surface area contributed by atoms with E-state index in [1.54, 1.807) is 18.8 Å². The summed E-state index contributed by atoms with van der Waals surface area (Å²) in [6.07, 6.45) is 2.35. The topological polar surface area (TPSA) is 37.4 Å². The second-order valence-electron chi connectivity index (χ2n) is 3.04. The monoisotopic (exact) mass is 187 g/mol. The van der Waals surface area contributed by atoms with Gasteiger partial charge in [0.05, 0.1) is 5.92 Å². The highest BCUT2D eigenvalue weighted by atomic mass is 32.2. The summed E-state index contributed by atoms with van der Waals surface area (Å²) in [4.78, 5) is 23.8. The molecule has 1 aliphatic heterocycles. The van der Waals surface area contributed by atoms with Gasteiger partial charge in [-0.2, -0.15) is 11.8 Å². The Morgan fingerprint density at radius 2 is 2.17 bits per heavy atom. The summed E-state index contributed by atoms with van der Waals surface area (Å²) in [6.45, 7) is 1.99. The first-order valence-electron chi connectivity index (χ1n) is 3.91. The predicted octanol–water partition coefficient (Wildman–Crippen LogP) is 0.743. The molecule has 2 unspecified atom stereocenters. The predicted molar refractivity (Wildman–Crippen MR) is 48.9 cm³/mol. The van der Waals surface area contributed by atoms with Crippen LogP contribution >= 0.6 is 11.8 Å². The van der Waals surface area contributed by atoms with Gasteiger partial charge in [-0.25, -0.2) is 0 Å². The Morgan fingerprint density at radius 1 is 1.58 bits per heavy atom. The van der Waals surface area contributed by atoms with Crippen LogP contribution in [0.1, 0.15) is 13.3 Å². The second-order valence-corrected chi connectivity index (χ2v) is 4.26. The lowest BCUT2D eigenvalue weighted by molar-refractivity contribution is -0.137. The van der Waals surface area contributed by atoms with Gasteiger partial charge < -0.3 is 0 Å². The minimum absolute atomic E-state index is 0.0261. The third-order valence-corrected chi connectivity index (χ3v) is 3.43. The molecule has 1 aliphatic rings. The standard InChI is InChI=1S/C8H13NO2S/c1-5(12-3)6-4-7(10)9(2)8(6)11/h5-6H,4H2,1-3H3. The number of nitrogens with zero attached hydrogens (tertiary/aromatic N) is 1. The number of carbonyl (C=O) groups excluding carboxylic acids is 2. The van der Waals surface area contributed by atoms with Crippen molar-refractivity contribution in [3.63, 3.8) is 0 Å². The molecule has 0 bridgehead atoms. The van der Waals surface area contributed by atoms with Crippen LogP contribution in [0.15, 0.2) is 0 Å². The van der Waals surface area contributed by atoms with Crippen LogP contribution in [0.3, 0.4) is 0 Å². The summed E-state index contributed by atoms with van der Waals surface area (Å²) in [5, 5.41) is 0.242. The quantitative estimate of drug-likeness (QED) is 0.598. The van der Waals surface area contributed by atoms with Gasteiger partial charge >= 0.3 is 0 Å². The molecule has 0 aromatic rings. The van der Waals surface area contributed by atoms with Crippen LogP contribution in [0, 0.1) is 5.92 Å². The number of amides is 2. The molecule has 4 heteroatoms. The first kappa shape index (κ1) is 9.58. The molecule has 3 nitrogen and oxygen atoms in total. The third-order valence-electron chi connectivity index (χ3n) is 2.35. The van der Waals surface area contributed by atoms with Crippen molar-refractivity contribution in [2.45, 2.75) is 18.6 Å². The lowest BCUT2D eigenvalue weighted by Crippen LogP contribution is -2.28. The van der Waals surface area contributed by atoms with Crippen molar-refractivity contribution >= 4 is 23.6 Å². The van der Waals surface area contributed by atoms with Gasteiger partial charge in [0.15, 0.2) is 0 Å². The highest BCUT2D eigenvalue weighted by Crippen LogP contribution is 2.27. The maximum atomic E-state index is 11.4. The average Bonchev–Trinajstić information content (AvgIpc) is 2.32. The molecule has 1 rings (SSSR count). The number of likely N-dealkylation sites (tertiary alicyclic amines) is 1. The van der Waals surface area contributed by atoms with Gasteiger partial charge in [-0.15, -0.1) is 0 Å². The molecule has 0 aromatic heterocycles. The minimum atomic E-state index is -0.0995. The summed E-state index contributed by atoms with van der Waals surface area (Å²) in [5.74, 6) is -0.176. The maximum Gasteiger partial charge on any atom is 0.233 e. The zero-order valence-electron chi connectivity index (χ0n) is 7.53. The van der Waals surface area contributed by atoms with Gasteiger partial charge in [0.25, 0.3) is 0 Å². The van der Waals surface area contributed by atoms with Gasteiger partial charge in [0.2, 0.25) is 11.8 Å². The fourth-order valence-electron chi connectivity index (χ4n) is 1.32. The fourth-order valence-corrected chi connectivity index (χ4v) is 1.86. The van der Waals surface area contributed by atoms with E-state index in [4.69, 9.17) is 0 Å². The summed E-state index contributed by atoms with van der Waals surface area (Å²) >= 11 is 1.63. The molecule has 1 fully saturated rings. The molecule has 0 saturated carbocycles. The van der Waals surface area contributed by atoms with Crippen LogP contribution in [-0.2, 0) is 9.59 Å². The van der Waals surface area contributed by atoms with E-state index < -0.39 is 0 Å². The van der Waals surface area contributed by atoms with Crippen LogP contribution in [0.5, 0.6) is 0 Å². The van der Waals surface area contributed by atoms with E-state index in [1.165, 1.54) is 4.90 Å². The Labute approximate surface area is 76.5 Å². The first-order chi connectivity index (χ1) is 5.57. The Hall–Kier alpha value is -0.510. The number of imide groups is 1. The zero-order valence-corrected chi connectivity index (χ0v) is 8.35. The molecular weight excluding hydrogens is 174 g/mol. The second kappa shape index (κ2) is 3.47. The number of rotatable bonds is 2. The molecule has 12 heavy (non-hydrogen) atoms. The molecule has 0 aliphatic carbocycles.